The lowest BCUT2D eigenvalue weighted by Crippen LogP contribution is -2.30. The van der Waals surface area contributed by atoms with E-state index >= 15 is 0 Å². The lowest BCUT2D eigenvalue weighted by molar-refractivity contribution is -0.161. The molecule has 17 nitrogen and oxygen atoms in total. The van der Waals surface area contributed by atoms with Crippen molar-refractivity contribution in [1.82, 2.24) is 0 Å². The average Bonchev–Trinajstić information content (AvgIpc) is 3.71. The van der Waals surface area contributed by atoms with Crippen LogP contribution in [0.25, 0.3) is 0 Å². The van der Waals surface area contributed by atoms with E-state index in [0.717, 1.165) is 115 Å². The minimum atomic E-state index is -4.95. The summed E-state index contributed by atoms with van der Waals surface area (Å²) in [5.74, 6) is -0.551. The maximum absolute atomic E-state index is 13.0. The molecule has 0 spiro atoms. The fraction of sp³-hybridized carbons (Fsp3) is 0.944. The van der Waals surface area contributed by atoms with E-state index in [1.807, 2.05) is 0 Å². The monoisotopic (exact) mass is 1320 g/mol. The summed E-state index contributed by atoms with van der Waals surface area (Å²) in [6.45, 7) is 9.55. The molecule has 0 aliphatic carbocycles. The number of phosphoric ester groups is 2. The van der Waals surface area contributed by atoms with Gasteiger partial charge in [0, 0.05) is 25.7 Å². The minimum absolute atomic E-state index is 0.106. The van der Waals surface area contributed by atoms with Crippen molar-refractivity contribution in [1.29, 1.82) is 0 Å². The van der Waals surface area contributed by atoms with Crippen molar-refractivity contribution in [3.05, 3.63) is 0 Å². The van der Waals surface area contributed by atoms with E-state index in [0.29, 0.717) is 25.7 Å². The van der Waals surface area contributed by atoms with Gasteiger partial charge in [-0.05, 0) is 37.5 Å². The second-order valence-electron chi connectivity index (χ2n) is 26.3. The Morgan fingerprint density at radius 1 is 0.322 bits per heavy atom. The molecular formula is C71H138O17P2. The van der Waals surface area contributed by atoms with Crippen LogP contribution in [0.3, 0.4) is 0 Å². The van der Waals surface area contributed by atoms with Crippen molar-refractivity contribution in [2.24, 2.45) is 11.8 Å². The third kappa shape index (κ3) is 63.5. The van der Waals surface area contributed by atoms with Gasteiger partial charge in [0.2, 0.25) is 0 Å². The molecule has 534 valence electrons. The molecule has 0 amide bonds. The molecule has 3 unspecified atom stereocenters. The first-order chi connectivity index (χ1) is 43.4. The summed E-state index contributed by atoms with van der Waals surface area (Å²) in [5.41, 5.74) is 0. The van der Waals surface area contributed by atoms with Crippen molar-refractivity contribution < 1.29 is 80.2 Å². The molecule has 0 aromatic carbocycles. The first-order valence-corrected chi connectivity index (χ1v) is 40.0. The zero-order valence-corrected chi connectivity index (χ0v) is 60.2. The third-order valence-electron chi connectivity index (χ3n) is 16.8. The Morgan fingerprint density at radius 3 is 0.844 bits per heavy atom. The van der Waals surface area contributed by atoms with Gasteiger partial charge in [0.25, 0.3) is 0 Å². The number of phosphoric acid groups is 2. The predicted molar refractivity (Wildman–Crippen MR) is 363 cm³/mol. The first-order valence-electron chi connectivity index (χ1n) is 37.0. The van der Waals surface area contributed by atoms with Gasteiger partial charge in [0.05, 0.1) is 26.4 Å². The Labute approximate surface area is 549 Å². The van der Waals surface area contributed by atoms with Crippen LogP contribution in [0.15, 0.2) is 0 Å². The van der Waals surface area contributed by atoms with Gasteiger partial charge in [0.15, 0.2) is 12.2 Å². The summed E-state index contributed by atoms with van der Waals surface area (Å²) in [5, 5.41) is 10.6. The number of esters is 4. The highest BCUT2D eigenvalue weighted by molar-refractivity contribution is 7.47. The van der Waals surface area contributed by atoms with E-state index in [-0.39, 0.29) is 25.7 Å². The number of carbonyl (C=O) groups is 4. The lowest BCUT2D eigenvalue weighted by Gasteiger charge is -2.21. The molecule has 0 aliphatic heterocycles. The quantitative estimate of drug-likeness (QED) is 0.0222. The Kier molecular flexibility index (Phi) is 61.8. The molecule has 0 saturated carbocycles. The molecule has 0 fully saturated rings. The molecular weight excluding hydrogens is 1190 g/mol. The summed E-state index contributed by atoms with van der Waals surface area (Å²) in [6.07, 6.45) is 48.5. The van der Waals surface area contributed by atoms with Crippen LogP contribution < -0.4 is 0 Å². The number of carbonyl (C=O) groups excluding carboxylic acids is 4. The van der Waals surface area contributed by atoms with E-state index in [1.165, 1.54) is 167 Å². The molecule has 0 saturated heterocycles. The molecule has 0 aromatic rings. The number of hydrogen-bond acceptors (Lipinski definition) is 15. The number of unbranched alkanes of at least 4 members (excludes halogenated alkanes) is 39. The van der Waals surface area contributed by atoms with Crippen LogP contribution >= 0.6 is 15.6 Å². The molecule has 0 radical (unpaired) electrons. The van der Waals surface area contributed by atoms with Crippen LogP contribution in [0.1, 0.15) is 363 Å². The Balaban J connectivity index is 5.21. The van der Waals surface area contributed by atoms with Crippen molar-refractivity contribution in [3.8, 4) is 0 Å². The van der Waals surface area contributed by atoms with E-state index in [2.05, 4.69) is 41.5 Å². The highest BCUT2D eigenvalue weighted by Crippen LogP contribution is 2.45. The maximum atomic E-state index is 13.0. The van der Waals surface area contributed by atoms with Gasteiger partial charge in [-0.25, -0.2) is 9.13 Å². The summed E-state index contributed by atoms with van der Waals surface area (Å²) in [6, 6.07) is 0. The molecule has 0 aliphatic rings. The van der Waals surface area contributed by atoms with Crippen LogP contribution in [-0.2, 0) is 65.4 Å². The van der Waals surface area contributed by atoms with Gasteiger partial charge >= 0.3 is 39.5 Å². The largest absolute Gasteiger partial charge is 0.472 e. The highest BCUT2D eigenvalue weighted by Gasteiger charge is 2.30. The van der Waals surface area contributed by atoms with Crippen LogP contribution in [0.4, 0.5) is 0 Å². The predicted octanol–water partition coefficient (Wildman–Crippen LogP) is 20.4. The van der Waals surface area contributed by atoms with Gasteiger partial charge in [-0.15, -0.1) is 0 Å². The normalized spacial score (nSPS) is 14.4. The average molecular weight is 1330 g/mol. The Hall–Kier alpha value is -1.94. The summed E-state index contributed by atoms with van der Waals surface area (Å²) in [4.78, 5) is 72.5. The van der Waals surface area contributed by atoms with Crippen molar-refractivity contribution in [3.63, 3.8) is 0 Å². The SMILES string of the molecule is CCCCCCCCCCCCCCCCCC(=O)O[C@H](COC(=O)CCCCCCCCCCCCCC(C)C)COP(=O)(O)OC[C@@H](O)COP(=O)(O)OC[C@@H](COC(=O)CCCCCCCCC)OC(=O)CCCCCCCCCCCCC(C)CC. The number of ether oxygens (including phenoxy) is 4. The smallest absolute Gasteiger partial charge is 0.462 e. The van der Waals surface area contributed by atoms with E-state index in [9.17, 15) is 43.2 Å². The van der Waals surface area contributed by atoms with Crippen molar-refractivity contribution in [2.45, 2.75) is 381 Å². The second kappa shape index (κ2) is 63.1. The third-order valence-corrected chi connectivity index (χ3v) is 18.7. The van der Waals surface area contributed by atoms with Crippen molar-refractivity contribution >= 4 is 39.5 Å². The molecule has 90 heavy (non-hydrogen) atoms. The first kappa shape index (κ1) is 88.1. The van der Waals surface area contributed by atoms with E-state index in [1.54, 1.807) is 0 Å². The zero-order valence-electron chi connectivity index (χ0n) is 58.4. The zero-order chi connectivity index (χ0) is 66.5. The highest BCUT2D eigenvalue weighted by atomic mass is 31.2. The fourth-order valence-electron chi connectivity index (χ4n) is 10.7. The van der Waals surface area contributed by atoms with Crippen LogP contribution in [-0.4, -0.2) is 96.7 Å². The molecule has 3 N–H and O–H groups in total. The summed E-state index contributed by atoms with van der Waals surface area (Å²) in [7, 11) is -9.90. The Morgan fingerprint density at radius 2 is 0.567 bits per heavy atom. The number of aliphatic hydroxyl groups excluding tert-OH is 1. The standard InChI is InChI=1S/C71H138O17P2/c1-7-10-12-14-16-17-18-19-20-21-24-31-37-43-49-55-70(75)88-67(60-82-69(74)54-48-42-36-30-25-22-23-28-34-39-45-51-63(4)5)62-86-90(79,80)84-58-65(72)57-83-89(77,78)85-61-66(59-81-68(73)53-47-41-33-15-13-11-8-2)87-71(76)56-50-44-38-32-27-26-29-35-40-46-52-64(6)9-3/h63-67,72H,7-62H2,1-6H3,(H,77,78)(H,79,80)/t64?,65-,66+,67+/m0/s1. The molecule has 0 aromatic heterocycles. The molecule has 0 bridgehead atoms. The number of rotatable bonds is 70. The van der Waals surface area contributed by atoms with Crippen LogP contribution in [0.5, 0.6) is 0 Å². The van der Waals surface area contributed by atoms with Gasteiger partial charge < -0.3 is 33.8 Å². The molecule has 0 heterocycles. The topological polar surface area (TPSA) is 237 Å². The van der Waals surface area contributed by atoms with Gasteiger partial charge in [-0.3, -0.25) is 37.3 Å². The van der Waals surface area contributed by atoms with Gasteiger partial charge in [-0.2, -0.15) is 0 Å². The second-order valence-corrected chi connectivity index (χ2v) is 29.3. The van der Waals surface area contributed by atoms with Gasteiger partial charge in [0.1, 0.15) is 19.3 Å². The number of aliphatic hydroxyl groups is 1. The van der Waals surface area contributed by atoms with E-state index < -0.39 is 97.5 Å². The number of hydrogen-bond donors (Lipinski definition) is 3. The maximum Gasteiger partial charge on any atom is 0.472 e. The van der Waals surface area contributed by atoms with Crippen LogP contribution in [0.2, 0.25) is 0 Å². The fourth-order valence-corrected chi connectivity index (χ4v) is 12.3. The van der Waals surface area contributed by atoms with E-state index in [4.69, 9.17) is 37.0 Å². The lowest BCUT2D eigenvalue weighted by atomic mass is 9.99. The Bertz CT molecular complexity index is 1750. The van der Waals surface area contributed by atoms with Crippen molar-refractivity contribution in [2.75, 3.05) is 39.6 Å². The van der Waals surface area contributed by atoms with Crippen LogP contribution in [0, 0.1) is 11.8 Å². The summed E-state index contributed by atoms with van der Waals surface area (Å²) < 4.78 is 68.3. The van der Waals surface area contributed by atoms with Gasteiger partial charge in [-0.1, -0.05) is 311 Å². The molecule has 19 heteroatoms. The molecule has 6 atom stereocenters. The molecule has 0 rings (SSSR count). The minimum Gasteiger partial charge on any atom is -0.462 e. The summed E-state index contributed by atoms with van der Waals surface area (Å²) >= 11 is 0.